The van der Waals surface area contributed by atoms with Crippen molar-refractivity contribution < 1.29 is 31.4 Å². The van der Waals surface area contributed by atoms with Gasteiger partial charge in [-0.1, -0.05) is 0 Å². The summed E-state index contributed by atoms with van der Waals surface area (Å²) in [5.74, 6) is 0.224. The lowest BCUT2D eigenvalue weighted by Gasteiger charge is -2.27. The zero-order valence-electron chi connectivity index (χ0n) is 17.8. The Labute approximate surface area is 185 Å². The summed E-state index contributed by atoms with van der Waals surface area (Å²) in [6, 6.07) is 8.64. The molecule has 1 N–H and O–H groups in total. The van der Waals surface area contributed by atoms with Crippen molar-refractivity contribution in [3.8, 4) is 17.2 Å². The maximum atomic E-state index is 13.5. The van der Waals surface area contributed by atoms with Crippen LogP contribution in [0.2, 0.25) is 0 Å². The first-order valence-corrected chi connectivity index (χ1v) is 11.8. The molecule has 11 heteroatoms. The van der Waals surface area contributed by atoms with Crippen molar-refractivity contribution in [3.63, 3.8) is 0 Å². The number of alkyl halides is 2. The van der Waals surface area contributed by atoms with Crippen molar-refractivity contribution in [1.29, 1.82) is 0 Å². The SMILES string of the molecule is CCN(c1ccc2c(c1)OC(F)(F)O2)S(=O)(=O)c1ccc(OC)c(N2CCCNCC2)c1. The van der Waals surface area contributed by atoms with E-state index in [0.29, 0.717) is 18.0 Å². The molecule has 0 amide bonds. The lowest BCUT2D eigenvalue weighted by molar-refractivity contribution is -0.286. The number of ether oxygens (including phenoxy) is 3. The van der Waals surface area contributed by atoms with E-state index in [-0.39, 0.29) is 28.6 Å². The van der Waals surface area contributed by atoms with Crippen molar-refractivity contribution in [2.24, 2.45) is 0 Å². The summed E-state index contributed by atoms with van der Waals surface area (Å²) < 4.78 is 69.3. The van der Waals surface area contributed by atoms with Crippen LogP contribution < -0.4 is 28.7 Å². The second kappa shape index (κ2) is 8.62. The van der Waals surface area contributed by atoms with E-state index in [1.165, 1.54) is 24.3 Å². The predicted molar refractivity (Wildman–Crippen MR) is 116 cm³/mol. The highest BCUT2D eigenvalue weighted by atomic mass is 32.2. The van der Waals surface area contributed by atoms with Crippen LogP contribution in [-0.2, 0) is 10.0 Å². The Morgan fingerprint density at radius 2 is 1.91 bits per heavy atom. The van der Waals surface area contributed by atoms with Crippen molar-refractivity contribution in [1.82, 2.24) is 5.32 Å². The van der Waals surface area contributed by atoms with Crippen molar-refractivity contribution in [2.75, 3.05) is 49.0 Å². The molecule has 8 nitrogen and oxygen atoms in total. The Morgan fingerprint density at radius 1 is 1.12 bits per heavy atom. The van der Waals surface area contributed by atoms with Gasteiger partial charge >= 0.3 is 6.29 Å². The normalized spacial score (nSPS) is 17.7. The van der Waals surface area contributed by atoms with E-state index in [9.17, 15) is 17.2 Å². The van der Waals surface area contributed by atoms with Gasteiger partial charge in [-0.05, 0) is 50.2 Å². The third-order valence-electron chi connectivity index (χ3n) is 5.38. The number of fused-ring (bicyclic) bond motifs is 1. The topological polar surface area (TPSA) is 80.3 Å². The first kappa shape index (κ1) is 22.4. The molecule has 2 heterocycles. The second-order valence-corrected chi connectivity index (χ2v) is 9.25. The molecule has 2 aromatic rings. The number of hydrogen-bond acceptors (Lipinski definition) is 7. The largest absolute Gasteiger partial charge is 0.586 e. The van der Waals surface area contributed by atoms with Gasteiger partial charge in [-0.2, -0.15) is 0 Å². The predicted octanol–water partition coefficient (Wildman–Crippen LogP) is 3.03. The summed E-state index contributed by atoms with van der Waals surface area (Å²) in [4.78, 5) is 2.17. The van der Waals surface area contributed by atoms with Gasteiger partial charge in [0.05, 0.1) is 23.4 Å². The van der Waals surface area contributed by atoms with Crippen LogP contribution in [-0.4, -0.2) is 54.5 Å². The van der Waals surface area contributed by atoms with Crippen LogP contribution in [0.4, 0.5) is 20.2 Å². The highest BCUT2D eigenvalue weighted by Gasteiger charge is 2.43. The molecular formula is C21H25F2N3O5S. The zero-order valence-corrected chi connectivity index (χ0v) is 18.6. The van der Waals surface area contributed by atoms with Crippen LogP contribution in [0.25, 0.3) is 0 Å². The van der Waals surface area contributed by atoms with Gasteiger partial charge in [0.2, 0.25) is 0 Å². The molecule has 0 atom stereocenters. The van der Waals surface area contributed by atoms with E-state index >= 15 is 0 Å². The van der Waals surface area contributed by atoms with Crippen LogP contribution in [0.3, 0.4) is 0 Å². The van der Waals surface area contributed by atoms with E-state index in [1.807, 2.05) is 0 Å². The second-order valence-electron chi connectivity index (χ2n) is 7.39. The van der Waals surface area contributed by atoms with Crippen LogP contribution in [0.5, 0.6) is 17.2 Å². The van der Waals surface area contributed by atoms with Gasteiger partial charge in [-0.15, -0.1) is 8.78 Å². The van der Waals surface area contributed by atoms with Gasteiger partial charge in [-0.3, -0.25) is 4.31 Å². The Morgan fingerprint density at radius 3 is 2.66 bits per heavy atom. The summed E-state index contributed by atoms with van der Waals surface area (Å²) in [5.41, 5.74) is 0.891. The first-order valence-electron chi connectivity index (χ1n) is 10.3. The average Bonchev–Trinajstić information content (AvgIpc) is 2.92. The maximum Gasteiger partial charge on any atom is 0.586 e. The molecule has 0 spiro atoms. The van der Waals surface area contributed by atoms with Gasteiger partial charge in [0.1, 0.15) is 5.75 Å². The quantitative estimate of drug-likeness (QED) is 0.697. The van der Waals surface area contributed by atoms with Crippen LogP contribution in [0.1, 0.15) is 13.3 Å². The van der Waals surface area contributed by atoms with Gasteiger partial charge in [0, 0.05) is 32.2 Å². The molecule has 32 heavy (non-hydrogen) atoms. The van der Waals surface area contributed by atoms with Gasteiger partial charge in [0.25, 0.3) is 10.0 Å². The van der Waals surface area contributed by atoms with Crippen LogP contribution in [0.15, 0.2) is 41.3 Å². The summed E-state index contributed by atoms with van der Waals surface area (Å²) in [6.45, 7) is 4.91. The third kappa shape index (κ3) is 4.26. The fourth-order valence-electron chi connectivity index (χ4n) is 3.88. The lowest BCUT2D eigenvalue weighted by Crippen LogP contribution is -2.31. The number of anilines is 2. The van der Waals surface area contributed by atoms with Gasteiger partial charge < -0.3 is 24.4 Å². The summed E-state index contributed by atoms with van der Waals surface area (Å²) in [5, 5.41) is 3.32. The highest BCUT2D eigenvalue weighted by molar-refractivity contribution is 7.92. The minimum absolute atomic E-state index is 0.0790. The Bertz CT molecular complexity index is 1090. The van der Waals surface area contributed by atoms with Gasteiger partial charge in [-0.25, -0.2) is 8.42 Å². The highest BCUT2D eigenvalue weighted by Crippen LogP contribution is 2.43. The van der Waals surface area contributed by atoms with Crippen molar-refractivity contribution >= 4 is 21.4 Å². The summed E-state index contributed by atoms with van der Waals surface area (Å²) >= 11 is 0. The summed E-state index contributed by atoms with van der Waals surface area (Å²) in [7, 11) is -2.45. The smallest absolute Gasteiger partial charge is 0.495 e. The standard InChI is InChI=1S/C21H25F2N3O5S/c1-3-26(15-5-7-19-20(13-15)31-21(22,23)30-19)32(27,28)16-6-8-18(29-2)17(14-16)25-11-4-9-24-10-12-25/h5-8,13-14,24H,3-4,9-12H2,1-2H3. The number of methoxy groups -OCH3 is 1. The third-order valence-corrected chi connectivity index (χ3v) is 7.28. The Hall–Kier alpha value is -2.79. The first-order chi connectivity index (χ1) is 15.2. The molecule has 0 radical (unpaired) electrons. The number of benzene rings is 2. The fourth-order valence-corrected chi connectivity index (χ4v) is 5.36. The van der Waals surface area contributed by atoms with Crippen LogP contribution in [0, 0.1) is 0 Å². The number of sulfonamides is 1. The zero-order chi connectivity index (χ0) is 22.9. The number of nitrogens with zero attached hydrogens (tertiary/aromatic N) is 2. The molecule has 174 valence electrons. The van der Waals surface area contributed by atoms with E-state index in [1.54, 1.807) is 26.2 Å². The monoisotopic (exact) mass is 469 g/mol. The average molecular weight is 470 g/mol. The van der Waals surface area contributed by atoms with Gasteiger partial charge in [0.15, 0.2) is 11.5 Å². The molecule has 2 aliphatic heterocycles. The lowest BCUT2D eigenvalue weighted by atomic mass is 10.2. The number of nitrogens with one attached hydrogen (secondary N) is 1. The number of halogens is 2. The minimum atomic E-state index is -3.99. The molecule has 0 aliphatic carbocycles. The number of rotatable bonds is 6. The fraction of sp³-hybridized carbons (Fsp3) is 0.429. The molecule has 0 aromatic heterocycles. The molecule has 4 rings (SSSR count). The Balaban J connectivity index is 1.70. The van der Waals surface area contributed by atoms with Crippen LogP contribution >= 0.6 is 0 Å². The van der Waals surface area contributed by atoms with E-state index < -0.39 is 16.3 Å². The van der Waals surface area contributed by atoms with Crippen molar-refractivity contribution in [2.45, 2.75) is 24.5 Å². The molecular weight excluding hydrogens is 444 g/mol. The maximum absolute atomic E-state index is 13.5. The summed E-state index contributed by atoms with van der Waals surface area (Å²) in [6.07, 6.45) is -2.85. The van der Waals surface area contributed by atoms with E-state index in [2.05, 4.69) is 19.7 Å². The Kier molecular flexibility index (Phi) is 6.04. The molecule has 0 bridgehead atoms. The molecule has 1 saturated heterocycles. The van der Waals surface area contributed by atoms with E-state index in [0.717, 1.165) is 30.4 Å². The molecule has 0 unspecified atom stereocenters. The van der Waals surface area contributed by atoms with Crippen molar-refractivity contribution in [3.05, 3.63) is 36.4 Å². The molecule has 1 fully saturated rings. The number of hydrogen-bond donors (Lipinski definition) is 1. The minimum Gasteiger partial charge on any atom is -0.495 e. The molecule has 2 aromatic carbocycles. The van der Waals surface area contributed by atoms with E-state index in [4.69, 9.17) is 4.74 Å². The molecule has 2 aliphatic rings. The molecule has 0 saturated carbocycles.